The Morgan fingerprint density at radius 3 is 1.54 bits per heavy atom. The molecule has 0 saturated carbocycles. The Hall–Kier alpha value is -6.42. The molecule has 2 heterocycles. The average Bonchev–Trinajstić information content (AvgIpc) is 3.71. The molecule has 9 rings (SSSR count). The Balaban J connectivity index is 1.14. The zero-order chi connectivity index (χ0) is 36.6. The Morgan fingerprint density at radius 2 is 0.944 bits per heavy atom. The predicted molar refractivity (Wildman–Crippen MR) is 229 cm³/mol. The van der Waals surface area contributed by atoms with Crippen molar-refractivity contribution in [1.82, 2.24) is 9.13 Å². The van der Waals surface area contributed by atoms with Gasteiger partial charge in [0.05, 0.1) is 22.7 Å². The van der Waals surface area contributed by atoms with E-state index in [4.69, 9.17) is 4.74 Å². The highest BCUT2D eigenvalue weighted by molar-refractivity contribution is 6.10. The van der Waals surface area contributed by atoms with E-state index in [0.717, 1.165) is 17.1 Å². The van der Waals surface area contributed by atoms with Gasteiger partial charge in [-0.15, -0.1) is 0 Å². The number of ether oxygens (including phenoxy) is 1. The van der Waals surface area contributed by atoms with Crippen LogP contribution in [0.3, 0.4) is 0 Å². The fraction of sp³-hybridized carbons (Fsp3) is 0.0980. The number of fused-ring (bicyclic) bond motifs is 4. The van der Waals surface area contributed by atoms with Crippen molar-refractivity contribution in [2.75, 3.05) is 6.61 Å². The second-order valence-corrected chi connectivity index (χ2v) is 14.0. The monoisotopic (exact) mass is 698 g/mol. The number of rotatable bonds is 9. The van der Waals surface area contributed by atoms with Gasteiger partial charge < -0.3 is 13.9 Å². The molecule has 0 aliphatic heterocycles. The molecule has 7 aromatic carbocycles. The molecule has 0 radical (unpaired) electrons. The molecule has 0 aliphatic carbocycles. The number of para-hydroxylation sites is 1. The van der Waals surface area contributed by atoms with E-state index in [2.05, 4.69) is 205 Å². The van der Waals surface area contributed by atoms with Crippen molar-refractivity contribution in [2.45, 2.75) is 26.9 Å². The Morgan fingerprint density at radius 1 is 0.481 bits per heavy atom. The minimum atomic E-state index is 0.0209. The van der Waals surface area contributed by atoms with Crippen LogP contribution in [0.1, 0.15) is 25.1 Å². The molecule has 262 valence electrons. The molecule has 0 fully saturated rings. The zero-order valence-corrected chi connectivity index (χ0v) is 30.9. The van der Waals surface area contributed by atoms with Gasteiger partial charge in [0.2, 0.25) is 0 Å². The van der Waals surface area contributed by atoms with Gasteiger partial charge in [-0.2, -0.15) is 0 Å². The van der Waals surface area contributed by atoms with Crippen LogP contribution in [0, 0.1) is 6.92 Å². The van der Waals surface area contributed by atoms with E-state index >= 15 is 0 Å². The van der Waals surface area contributed by atoms with Crippen molar-refractivity contribution in [3.05, 3.63) is 187 Å². The first-order valence-corrected chi connectivity index (χ1v) is 18.9. The van der Waals surface area contributed by atoms with Gasteiger partial charge in [0.1, 0.15) is 0 Å². The first kappa shape index (κ1) is 33.4. The van der Waals surface area contributed by atoms with E-state index in [1.807, 2.05) is 6.92 Å². The van der Waals surface area contributed by atoms with Gasteiger partial charge in [0.25, 0.3) is 0 Å². The van der Waals surface area contributed by atoms with Gasteiger partial charge in [0, 0.05) is 39.8 Å². The maximum Gasteiger partial charge on any atom is 0.0731 e. The van der Waals surface area contributed by atoms with Crippen molar-refractivity contribution < 1.29 is 4.74 Å². The third-order valence-corrected chi connectivity index (χ3v) is 10.7. The van der Waals surface area contributed by atoms with Crippen LogP contribution >= 0.6 is 0 Å². The lowest BCUT2D eigenvalue weighted by Gasteiger charge is -2.12. The third-order valence-electron chi connectivity index (χ3n) is 10.7. The second-order valence-electron chi connectivity index (χ2n) is 14.0. The molecule has 0 bridgehead atoms. The molecule has 3 heteroatoms. The summed E-state index contributed by atoms with van der Waals surface area (Å²) in [6.07, 6.45) is 4.42. The standard InChI is InChI=1S/C51H42N2O/c1-4-54-35(2)19-30-48-36(3)46-33-41(24-31-50(46)52(48)43-26-20-39(21-27-43)37-13-7-5-8-14-37)42-25-32-51-47(34-42)45-17-11-12-18-49(45)53(51)44-28-22-40(23-29-44)38-15-9-6-10-16-38/h5-35H,4H2,1-3H3/b30-19-. The first-order chi connectivity index (χ1) is 26.6. The van der Waals surface area contributed by atoms with E-state index in [-0.39, 0.29) is 6.10 Å². The summed E-state index contributed by atoms with van der Waals surface area (Å²) in [5.41, 5.74) is 15.6. The van der Waals surface area contributed by atoms with Crippen molar-refractivity contribution >= 4 is 38.8 Å². The quantitative estimate of drug-likeness (QED) is 0.147. The molecule has 54 heavy (non-hydrogen) atoms. The summed E-state index contributed by atoms with van der Waals surface area (Å²) in [4.78, 5) is 0. The van der Waals surface area contributed by atoms with E-state index in [1.165, 1.54) is 71.7 Å². The molecule has 3 nitrogen and oxygen atoms in total. The number of aromatic nitrogens is 2. The lowest BCUT2D eigenvalue weighted by atomic mass is 10.00. The van der Waals surface area contributed by atoms with Gasteiger partial charge in [-0.05, 0) is 120 Å². The van der Waals surface area contributed by atoms with Crippen LogP contribution < -0.4 is 0 Å². The minimum Gasteiger partial charge on any atom is -0.375 e. The average molecular weight is 699 g/mol. The lowest BCUT2D eigenvalue weighted by molar-refractivity contribution is 0.110. The Kier molecular flexibility index (Phi) is 8.78. The largest absolute Gasteiger partial charge is 0.375 e. The highest BCUT2D eigenvalue weighted by Crippen LogP contribution is 2.38. The smallest absolute Gasteiger partial charge is 0.0731 e. The third kappa shape index (κ3) is 6.03. The van der Waals surface area contributed by atoms with Crippen molar-refractivity contribution in [3.8, 4) is 44.8 Å². The van der Waals surface area contributed by atoms with E-state index in [0.29, 0.717) is 6.61 Å². The van der Waals surface area contributed by atoms with Crippen LogP contribution in [-0.4, -0.2) is 21.8 Å². The Bertz CT molecular complexity index is 2770. The van der Waals surface area contributed by atoms with Crippen LogP contribution in [0.5, 0.6) is 0 Å². The van der Waals surface area contributed by atoms with Crippen molar-refractivity contribution in [1.29, 1.82) is 0 Å². The van der Waals surface area contributed by atoms with Crippen LogP contribution in [0.2, 0.25) is 0 Å². The summed E-state index contributed by atoms with van der Waals surface area (Å²) in [5.74, 6) is 0. The molecule has 1 atom stereocenters. The fourth-order valence-electron chi connectivity index (χ4n) is 7.97. The first-order valence-electron chi connectivity index (χ1n) is 18.9. The van der Waals surface area contributed by atoms with Crippen LogP contribution in [0.4, 0.5) is 0 Å². The van der Waals surface area contributed by atoms with E-state index in [1.54, 1.807) is 0 Å². The second kappa shape index (κ2) is 14.2. The number of benzene rings is 7. The van der Waals surface area contributed by atoms with Crippen molar-refractivity contribution in [3.63, 3.8) is 0 Å². The fourth-order valence-corrected chi connectivity index (χ4v) is 7.97. The van der Waals surface area contributed by atoms with Gasteiger partial charge in [0.15, 0.2) is 0 Å². The van der Waals surface area contributed by atoms with Crippen LogP contribution in [-0.2, 0) is 4.74 Å². The molecule has 0 spiro atoms. The number of hydrogen-bond acceptors (Lipinski definition) is 1. The maximum absolute atomic E-state index is 5.89. The highest BCUT2D eigenvalue weighted by Gasteiger charge is 2.17. The highest BCUT2D eigenvalue weighted by atomic mass is 16.5. The summed E-state index contributed by atoms with van der Waals surface area (Å²) in [6.45, 7) is 7.07. The molecular formula is C51H42N2O. The number of aryl methyl sites for hydroxylation is 1. The summed E-state index contributed by atoms with van der Waals surface area (Å²) in [7, 11) is 0. The molecule has 2 aromatic heterocycles. The molecule has 1 unspecified atom stereocenters. The topological polar surface area (TPSA) is 19.1 Å². The van der Waals surface area contributed by atoms with Crippen LogP contribution in [0.15, 0.2) is 176 Å². The predicted octanol–water partition coefficient (Wildman–Crippen LogP) is 13.5. The summed E-state index contributed by atoms with van der Waals surface area (Å²) < 4.78 is 10.7. The van der Waals surface area contributed by atoms with Gasteiger partial charge in [-0.1, -0.05) is 121 Å². The molecule has 0 aliphatic rings. The molecule has 0 N–H and O–H groups in total. The van der Waals surface area contributed by atoms with Crippen molar-refractivity contribution in [2.24, 2.45) is 0 Å². The maximum atomic E-state index is 5.89. The number of nitrogens with zero attached hydrogens (tertiary/aromatic N) is 2. The SMILES string of the molecule is CCOC(C)/C=C\c1c(C)c2cc(-c3ccc4c(c3)c3ccccc3n4-c3ccc(-c4ccccc4)cc3)ccc2n1-c1ccc(-c2ccccc2)cc1. The number of hydrogen-bond donors (Lipinski definition) is 0. The Labute approximate surface area is 317 Å². The van der Waals surface area contributed by atoms with Crippen LogP contribution in [0.25, 0.3) is 83.5 Å². The lowest BCUT2D eigenvalue weighted by Crippen LogP contribution is -2.04. The summed E-state index contributed by atoms with van der Waals surface area (Å²) >= 11 is 0. The van der Waals surface area contributed by atoms with E-state index < -0.39 is 0 Å². The molecule has 0 amide bonds. The summed E-state index contributed by atoms with van der Waals surface area (Å²) in [5, 5.41) is 3.74. The van der Waals surface area contributed by atoms with Gasteiger partial charge >= 0.3 is 0 Å². The molecular weight excluding hydrogens is 657 g/mol. The molecule has 0 saturated heterocycles. The zero-order valence-electron chi connectivity index (χ0n) is 30.9. The summed E-state index contributed by atoms with van der Waals surface area (Å²) in [6, 6.07) is 61.6. The van der Waals surface area contributed by atoms with Gasteiger partial charge in [-0.25, -0.2) is 0 Å². The molecule has 9 aromatic rings. The minimum absolute atomic E-state index is 0.0209. The van der Waals surface area contributed by atoms with Gasteiger partial charge in [-0.3, -0.25) is 0 Å². The van der Waals surface area contributed by atoms with E-state index in [9.17, 15) is 0 Å². The normalized spacial score (nSPS) is 12.4.